The van der Waals surface area contributed by atoms with Gasteiger partial charge < -0.3 is 20.4 Å². The molecule has 0 radical (unpaired) electrons. The molecule has 0 aliphatic carbocycles. The van der Waals surface area contributed by atoms with Gasteiger partial charge in [-0.1, -0.05) is 13.8 Å². The van der Waals surface area contributed by atoms with Crippen LogP contribution in [0.15, 0.2) is 28.9 Å². The highest BCUT2D eigenvalue weighted by Gasteiger charge is 2.27. The van der Waals surface area contributed by atoms with Gasteiger partial charge in [0, 0.05) is 62.5 Å². The van der Waals surface area contributed by atoms with Gasteiger partial charge in [0.2, 0.25) is 23.5 Å². The van der Waals surface area contributed by atoms with Crippen LogP contribution in [0.25, 0.3) is 11.5 Å². The van der Waals surface area contributed by atoms with E-state index in [1.165, 1.54) is 0 Å². The molecule has 0 bridgehead atoms. The lowest BCUT2D eigenvalue weighted by Gasteiger charge is -2.31. The van der Waals surface area contributed by atoms with Crippen molar-refractivity contribution in [1.29, 1.82) is 0 Å². The highest BCUT2D eigenvalue weighted by molar-refractivity contribution is 5.98. The quantitative estimate of drug-likeness (QED) is 0.507. The van der Waals surface area contributed by atoms with Gasteiger partial charge in [0.25, 0.3) is 0 Å². The first kappa shape index (κ1) is 24.5. The standard InChI is InChI=1S/C23H32N6O4/c1-23(2,22(24)32)7-4-19(31)26-14-18(30)20-17(15-29-12-10-28(3)11-13-29)27-21(33-20)16-5-8-25-9-6-16/h5-6,8-9H,4,7,10-15H2,1-3H3,(H2,24,32)(H,26,31). The van der Waals surface area contributed by atoms with E-state index in [9.17, 15) is 14.4 Å². The van der Waals surface area contributed by atoms with Crippen LogP contribution in [0.1, 0.15) is 42.9 Å². The molecule has 1 saturated heterocycles. The Bertz CT molecular complexity index is 980. The van der Waals surface area contributed by atoms with Crippen molar-refractivity contribution in [3.05, 3.63) is 36.0 Å². The third-order valence-corrected chi connectivity index (χ3v) is 5.94. The number of ketones is 1. The number of Topliss-reactive ketones (excluding diaryl/α,β-unsaturated/α-hetero) is 1. The van der Waals surface area contributed by atoms with E-state index in [-0.39, 0.29) is 30.4 Å². The number of amides is 2. The van der Waals surface area contributed by atoms with Crippen molar-refractivity contribution < 1.29 is 18.8 Å². The second kappa shape index (κ2) is 10.7. The van der Waals surface area contributed by atoms with Gasteiger partial charge in [0.15, 0.2) is 5.76 Å². The van der Waals surface area contributed by atoms with Crippen LogP contribution in [0.4, 0.5) is 0 Å². The summed E-state index contributed by atoms with van der Waals surface area (Å²) in [6.45, 7) is 7.27. The molecule has 0 atom stereocenters. The fourth-order valence-electron chi connectivity index (χ4n) is 3.41. The summed E-state index contributed by atoms with van der Waals surface area (Å²) in [6.07, 6.45) is 3.66. The molecule has 3 heterocycles. The van der Waals surface area contributed by atoms with Crippen LogP contribution in [0.5, 0.6) is 0 Å². The first-order valence-corrected chi connectivity index (χ1v) is 11.1. The fourth-order valence-corrected chi connectivity index (χ4v) is 3.41. The Morgan fingerprint density at radius 2 is 1.82 bits per heavy atom. The number of hydrogen-bond donors (Lipinski definition) is 2. The highest BCUT2D eigenvalue weighted by Crippen LogP contribution is 2.24. The molecular formula is C23H32N6O4. The SMILES string of the molecule is CN1CCN(Cc2nc(-c3ccncc3)oc2C(=O)CNC(=O)CCC(C)(C)C(N)=O)CC1. The van der Waals surface area contributed by atoms with Gasteiger partial charge >= 0.3 is 0 Å². The zero-order valence-electron chi connectivity index (χ0n) is 19.5. The lowest BCUT2D eigenvalue weighted by Crippen LogP contribution is -2.44. The second-order valence-electron chi connectivity index (χ2n) is 9.06. The second-order valence-corrected chi connectivity index (χ2v) is 9.06. The van der Waals surface area contributed by atoms with E-state index in [1.54, 1.807) is 38.4 Å². The number of carbonyl (C=O) groups is 3. The smallest absolute Gasteiger partial charge is 0.227 e. The molecule has 10 heteroatoms. The highest BCUT2D eigenvalue weighted by atomic mass is 16.4. The molecule has 2 amide bonds. The minimum absolute atomic E-state index is 0.0933. The Morgan fingerprint density at radius 1 is 1.15 bits per heavy atom. The van der Waals surface area contributed by atoms with Gasteiger partial charge in [-0.15, -0.1) is 0 Å². The van der Waals surface area contributed by atoms with Gasteiger partial charge in [0.05, 0.1) is 6.54 Å². The number of rotatable bonds is 10. The third-order valence-electron chi connectivity index (χ3n) is 5.94. The zero-order chi connectivity index (χ0) is 24.0. The third kappa shape index (κ3) is 6.69. The minimum atomic E-state index is -0.790. The van der Waals surface area contributed by atoms with Crippen LogP contribution in [0, 0.1) is 5.41 Å². The fraction of sp³-hybridized carbons (Fsp3) is 0.522. The normalized spacial score (nSPS) is 15.4. The first-order chi connectivity index (χ1) is 15.7. The number of piperazine rings is 1. The Kier molecular flexibility index (Phi) is 7.93. The summed E-state index contributed by atoms with van der Waals surface area (Å²) >= 11 is 0. The van der Waals surface area contributed by atoms with Crippen LogP contribution in [0.3, 0.4) is 0 Å². The van der Waals surface area contributed by atoms with Crippen LogP contribution < -0.4 is 11.1 Å². The molecule has 33 heavy (non-hydrogen) atoms. The molecule has 3 N–H and O–H groups in total. The molecule has 1 aliphatic rings. The maximum atomic E-state index is 13.0. The van der Waals surface area contributed by atoms with Gasteiger partial charge in [-0.05, 0) is 25.6 Å². The minimum Gasteiger partial charge on any atom is -0.433 e. The molecule has 0 unspecified atom stereocenters. The summed E-state index contributed by atoms with van der Waals surface area (Å²) in [5, 5.41) is 2.62. The van der Waals surface area contributed by atoms with E-state index in [2.05, 4.69) is 32.1 Å². The van der Waals surface area contributed by atoms with Crippen molar-refractivity contribution in [3.8, 4) is 11.5 Å². The Balaban J connectivity index is 1.69. The van der Waals surface area contributed by atoms with Gasteiger partial charge in [-0.3, -0.25) is 24.3 Å². The van der Waals surface area contributed by atoms with Crippen LogP contribution in [0.2, 0.25) is 0 Å². The number of hydrogen-bond acceptors (Lipinski definition) is 8. The number of carbonyl (C=O) groups excluding carboxylic acids is 3. The van der Waals surface area contributed by atoms with Crippen molar-refractivity contribution in [2.75, 3.05) is 39.8 Å². The topological polar surface area (TPSA) is 135 Å². The first-order valence-electron chi connectivity index (χ1n) is 11.1. The van der Waals surface area contributed by atoms with Gasteiger partial charge in [0.1, 0.15) is 5.69 Å². The van der Waals surface area contributed by atoms with E-state index in [4.69, 9.17) is 10.2 Å². The molecule has 178 valence electrons. The summed E-state index contributed by atoms with van der Waals surface area (Å²) in [5.41, 5.74) is 5.84. The largest absolute Gasteiger partial charge is 0.433 e. The van der Waals surface area contributed by atoms with Gasteiger partial charge in [-0.2, -0.15) is 0 Å². The molecule has 10 nitrogen and oxygen atoms in total. The van der Waals surface area contributed by atoms with E-state index in [0.29, 0.717) is 24.6 Å². The van der Waals surface area contributed by atoms with Crippen molar-refractivity contribution in [2.45, 2.75) is 33.2 Å². The summed E-state index contributed by atoms with van der Waals surface area (Å²) in [4.78, 5) is 49.7. The maximum Gasteiger partial charge on any atom is 0.227 e. The Hall–Kier alpha value is -3.11. The molecular weight excluding hydrogens is 424 g/mol. The predicted molar refractivity (Wildman–Crippen MR) is 122 cm³/mol. The monoisotopic (exact) mass is 456 g/mol. The number of primary amides is 1. The molecule has 1 aliphatic heterocycles. The number of oxazole rings is 1. The van der Waals surface area contributed by atoms with E-state index in [0.717, 1.165) is 31.7 Å². The Labute approximate surface area is 193 Å². The lowest BCUT2D eigenvalue weighted by molar-refractivity contribution is -0.127. The van der Waals surface area contributed by atoms with Crippen molar-refractivity contribution in [1.82, 2.24) is 25.1 Å². The summed E-state index contributed by atoms with van der Waals surface area (Å²) in [6, 6.07) is 3.53. The zero-order valence-corrected chi connectivity index (χ0v) is 19.5. The van der Waals surface area contributed by atoms with E-state index >= 15 is 0 Å². The Morgan fingerprint density at radius 3 is 2.45 bits per heavy atom. The number of nitrogens with two attached hydrogens (primary N) is 1. The number of likely N-dealkylation sites (N-methyl/N-ethyl adjacent to an activating group) is 1. The molecule has 0 spiro atoms. The average molecular weight is 457 g/mol. The molecule has 1 fully saturated rings. The average Bonchev–Trinajstić information content (AvgIpc) is 3.22. The summed E-state index contributed by atoms with van der Waals surface area (Å²) in [7, 11) is 2.08. The van der Waals surface area contributed by atoms with E-state index < -0.39 is 11.3 Å². The molecule has 2 aromatic heterocycles. The summed E-state index contributed by atoms with van der Waals surface area (Å²) in [5.74, 6) is -0.648. The van der Waals surface area contributed by atoms with Crippen molar-refractivity contribution in [2.24, 2.45) is 11.1 Å². The molecule has 3 rings (SSSR count). The van der Waals surface area contributed by atoms with Crippen molar-refractivity contribution >= 4 is 17.6 Å². The van der Waals surface area contributed by atoms with Crippen LogP contribution >= 0.6 is 0 Å². The van der Waals surface area contributed by atoms with E-state index in [1.807, 2.05) is 0 Å². The number of nitrogens with zero attached hydrogens (tertiary/aromatic N) is 4. The lowest BCUT2D eigenvalue weighted by atomic mass is 9.87. The predicted octanol–water partition coefficient (Wildman–Crippen LogP) is 1.07. The number of pyridine rings is 1. The maximum absolute atomic E-state index is 13.0. The summed E-state index contributed by atoms with van der Waals surface area (Å²) < 4.78 is 5.87. The van der Waals surface area contributed by atoms with Crippen LogP contribution in [-0.2, 0) is 16.1 Å². The molecule has 0 saturated carbocycles. The van der Waals surface area contributed by atoms with Crippen LogP contribution in [-0.4, -0.2) is 77.1 Å². The molecule has 0 aromatic carbocycles. The molecule has 2 aromatic rings. The van der Waals surface area contributed by atoms with Crippen molar-refractivity contribution in [3.63, 3.8) is 0 Å². The van der Waals surface area contributed by atoms with Gasteiger partial charge in [-0.25, -0.2) is 4.98 Å². The number of aromatic nitrogens is 2. The number of nitrogens with one attached hydrogen (secondary N) is 1.